The first-order valence-corrected chi connectivity index (χ1v) is 42.8. The first-order valence-electron chi connectivity index (χ1n) is 42.8. The Morgan fingerprint density at radius 1 is 0.145 bits per heavy atom. The molecule has 6 aromatic heterocycles. The molecular weight excluding hydrogens is 1500 g/mol. The topological polar surface area (TPSA) is 29.6 Å². The molecule has 0 bridgehead atoms. The highest BCUT2D eigenvalue weighted by Gasteiger charge is 2.25. The lowest BCUT2D eigenvalue weighted by molar-refractivity contribution is 1.13. The van der Waals surface area contributed by atoms with E-state index in [0.717, 1.165) is 11.4 Å². The van der Waals surface area contributed by atoms with Gasteiger partial charge in [-0.15, -0.1) is 0 Å². The highest BCUT2D eigenvalue weighted by Crippen LogP contribution is 2.47. The molecule has 0 radical (unpaired) electrons. The molecule has 0 aliphatic carbocycles. The highest BCUT2D eigenvalue weighted by molar-refractivity contribution is 6.29. The van der Waals surface area contributed by atoms with Gasteiger partial charge < -0.3 is 27.4 Å². The van der Waals surface area contributed by atoms with Crippen molar-refractivity contribution in [3.63, 3.8) is 0 Å². The van der Waals surface area contributed by atoms with Gasteiger partial charge in [-0.25, -0.2) is 0 Å². The molecule has 0 spiro atoms. The van der Waals surface area contributed by atoms with Crippen LogP contribution in [0.3, 0.4) is 0 Å². The summed E-state index contributed by atoms with van der Waals surface area (Å²) in [5, 5.41) is 32.3. The Kier molecular flexibility index (Phi) is 15.4. The molecule has 576 valence electrons. The highest BCUT2D eigenvalue weighted by atomic mass is 15.0. The van der Waals surface area contributed by atoms with Crippen LogP contribution in [0.25, 0.3) is 241 Å². The van der Waals surface area contributed by atoms with E-state index in [0.29, 0.717) is 0 Å². The van der Waals surface area contributed by atoms with Crippen LogP contribution in [0.4, 0.5) is 0 Å². The van der Waals surface area contributed by atoms with Gasteiger partial charge in [-0.2, -0.15) is 0 Å². The van der Waals surface area contributed by atoms with Gasteiger partial charge in [0.2, 0.25) is 0 Å². The van der Waals surface area contributed by atoms with Gasteiger partial charge in [-0.3, -0.25) is 0 Å². The summed E-state index contributed by atoms with van der Waals surface area (Å²) < 4.78 is 14.3. The van der Waals surface area contributed by atoms with Crippen molar-refractivity contribution in [2.24, 2.45) is 0 Å². The molecule has 0 amide bonds. The second kappa shape index (κ2) is 27.5. The van der Waals surface area contributed by atoms with Crippen LogP contribution in [0.1, 0.15) is 0 Å². The fourth-order valence-corrected chi connectivity index (χ4v) is 21.1. The number of aromatic nitrogens is 6. The maximum absolute atomic E-state index is 2.47. The molecule has 0 N–H and O–H groups in total. The van der Waals surface area contributed by atoms with Crippen molar-refractivity contribution in [2.75, 3.05) is 0 Å². The summed E-state index contributed by atoms with van der Waals surface area (Å²) in [7, 11) is 0. The van der Waals surface area contributed by atoms with E-state index in [9.17, 15) is 0 Å². The summed E-state index contributed by atoms with van der Waals surface area (Å²) in [6.45, 7) is 0. The number of hydrogen-bond acceptors (Lipinski definition) is 0. The second-order valence-electron chi connectivity index (χ2n) is 33.0. The molecule has 124 heavy (non-hydrogen) atoms. The summed E-state index contributed by atoms with van der Waals surface area (Å²) in [6, 6.07) is 157. The average Bonchev–Trinajstić information content (AvgIpc) is 1.55. The summed E-state index contributed by atoms with van der Waals surface area (Å²) in [4.78, 5) is 0. The molecule has 0 saturated heterocycles. The van der Waals surface area contributed by atoms with Gasteiger partial charge in [-0.05, 0) is 230 Å². The Morgan fingerprint density at radius 3 is 1.02 bits per heavy atom. The Morgan fingerprint density at radius 2 is 0.508 bits per heavy atom. The Hall–Kier alpha value is -16.5. The molecule has 0 unspecified atom stereocenters. The molecule has 0 saturated carbocycles. The van der Waals surface area contributed by atoms with Gasteiger partial charge in [0.1, 0.15) is 0 Å². The molecule has 0 fully saturated rings. The minimum atomic E-state index is 1.16. The normalized spacial score (nSPS) is 12.0. The minimum Gasteiger partial charge on any atom is -0.316 e. The zero-order chi connectivity index (χ0) is 81.2. The Balaban J connectivity index is 0.0000000997. The van der Waals surface area contributed by atoms with E-state index in [2.05, 4.69) is 477 Å². The fourth-order valence-electron chi connectivity index (χ4n) is 21.1. The zero-order valence-electron chi connectivity index (χ0n) is 67.4. The van der Waals surface area contributed by atoms with Gasteiger partial charge >= 0.3 is 0 Å². The van der Waals surface area contributed by atoms with Gasteiger partial charge in [0, 0.05) is 101 Å². The van der Waals surface area contributed by atoms with Gasteiger partial charge in [0.15, 0.2) is 0 Å². The monoisotopic (exact) mass is 1570 g/mol. The number of fused-ring (bicyclic) bond motifs is 18. The van der Waals surface area contributed by atoms with E-state index in [1.807, 2.05) is 0 Å². The maximum atomic E-state index is 2.47. The Labute approximate surface area is 712 Å². The van der Waals surface area contributed by atoms with Crippen LogP contribution < -0.4 is 0 Å². The predicted molar refractivity (Wildman–Crippen MR) is 526 cm³/mol. The molecule has 0 aliphatic heterocycles. The molecule has 28 rings (SSSR count). The van der Waals surface area contributed by atoms with Crippen LogP contribution in [0.2, 0.25) is 0 Å². The number of nitrogens with zero attached hydrogens (tertiary/aromatic N) is 6. The summed E-state index contributed by atoms with van der Waals surface area (Å²) in [5.41, 5.74) is 23.1. The summed E-state index contributed by atoms with van der Waals surface area (Å²) in [6.07, 6.45) is 6.58. The van der Waals surface area contributed by atoms with Crippen molar-refractivity contribution in [3.8, 4) is 56.4 Å². The van der Waals surface area contributed by atoms with Crippen LogP contribution >= 0.6 is 0 Å². The third-order valence-electron chi connectivity index (χ3n) is 26.5. The predicted octanol–water partition coefficient (Wildman–Crippen LogP) is 31.6. The van der Waals surface area contributed by atoms with Gasteiger partial charge in [0.25, 0.3) is 0 Å². The molecule has 0 atom stereocenters. The molecule has 22 aromatic carbocycles. The number of benzene rings is 22. The first kappa shape index (κ1) is 69.4. The van der Waals surface area contributed by atoms with Crippen molar-refractivity contribution in [1.82, 2.24) is 27.4 Å². The molecule has 0 aliphatic rings. The standard InChI is InChI=1S/C42H26N2.C40H26N2.C36H22N2/c1-2-9-32(10-3-1)43-26-25-31-19-24-38-41(42(31)43)36-11-4-5-12-37(36)44(38)33-20-15-27(16-21-33)34-22-17-30-14-13-28-7-6-8-29-18-23-35(34)40(30)39(28)29;1-2-13-30(14-3-1)41-24-23-27-21-22-38-39(40(27)41)35-19-8-9-20-37(35)42(38)31-15-10-12-28(25-31)36-26-29-11-4-5-16-32(29)33-17-6-7-18-34(33)36;1-2-9-27(10-3-1)37-22-21-26-17-20-32-35(36(26)37)28-11-4-5-12-30(28)38(32)31-19-16-25-14-13-23-7-6-8-24-15-18-29(31)34(25)33(23)24/h1-26H;1-26H;1-22H. The van der Waals surface area contributed by atoms with E-state index in [1.165, 1.54) is 229 Å². The van der Waals surface area contributed by atoms with Crippen molar-refractivity contribution in [1.29, 1.82) is 0 Å². The lowest BCUT2D eigenvalue weighted by Crippen LogP contribution is -1.97. The summed E-state index contributed by atoms with van der Waals surface area (Å²) in [5.74, 6) is 0. The fraction of sp³-hybridized carbons (Fsp3) is 0. The van der Waals surface area contributed by atoms with Crippen LogP contribution in [-0.2, 0) is 0 Å². The molecule has 6 heterocycles. The second-order valence-corrected chi connectivity index (χ2v) is 33.0. The SMILES string of the molecule is c1ccc(-n2ccc3ccc4c(c5ccccc5n4-c4ccc(-c5ccc6ccc7cccc8ccc5c6c78)cc4)c32)cc1.c1ccc(-n2ccc3ccc4c(c5ccccc5n4-c4ccc5ccc6cccc7ccc4c5c67)c32)cc1.c1ccc(-n2ccc3ccc4c(c5ccccc5n4-c4cccc(-c5cc6ccccc6c6ccccc56)c4)c32)cc1. The van der Waals surface area contributed by atoms with Crippen LogP contribution in [0.5, 0.6) is 0 Å². The number of rotatable bonds is 8. The quantitative estimate of drug-likeness (QED) is 0.136. The van der Waals surface area contributed by atoms with E-state index in [4.69, 9.17) is 0 Å². The smallest absolute Gasteiger partial charge is 0.0628 e. The third-order valence-corrected chi connectivity index (χ3v) is 26.5. The van der Waals surface area contributed by atoms with E-state index in [1.54, 1.807) is 0 Å². The molecular formula is C118H74N6. The van der Waals surface area contributed by atoms with Crippen molar-refractivity contribution in [2.45, 2.75) is 0 Å². The zero-order valence-corrected chi connectivity index (χ0v) is 67.4. The molecule has 6 heteroatoms. The van der Waals surface area contributed by atoms with Crippen LogP contribution in [0.15, 0.2) is 449 Å². The lowest BCUT2D eigenvalue weighted by Gasteiger charge is -2.16. The average molecular weight is 1580 g/mol. The number of para-hydroxylation sites is 6. The lowest BCUT2D eigenvalue weighted by atomic mass is 9.90. The first-order chi connectivity index (χ1) is 61.5. The van der Waals surface area contributed by atoms with Gasteiger partial charge in [-0.1, -0.05) is 303 Å². The van der Waals surface area contributed by atoms with Crippen LogP contribution in [0, 0.1) is 0 Å². The minimum absolute atomic E-state index is 1.16. The molecule has 6 nitrogen and oxygen atoms in total. The number of hydrogen-bond donors (Lipinski definition) is 0. The largest absolute Gasteiger partial charge is 0.316 e. The maximum Gasteiger partial charge on any atom is 0.0628 e. The Bertz CT molecular complexity index is 9140. The van der Waals surface area contributed by atoms with E-state index >= 15 is 0 Å². The van der Waals surface area contributed by atoms with Crippen molar-refractivity contribution in [3.05, 3.63) is 449 Å². The van der Waals surface area contributed by atoms with E-state index < -0.39 is 0 Å². The van der Waals surface area contributed by atoms with Gasteiger partial charge in [0.05, 0.1) is 55.3 Å². The third kappa shape index (κ3) is 10.5. The van der Waals surface area contributed by atoms with Crippen molar-refractivity contribution >= 4 is 184 Å². The molecule has 28 aromatic rings. The van der Waals surface area contributed by atoms with E-state index in [-0.39, 0.29) is 0 Å². The van der Waals surface area contributed by atoms with Crippen LogP contribution in [-0.4, -0.2) is 27.4 Å². The van der Waals surface area contributed by atoms with Crippen molar-refractivity contribution < 1.29 is 0 Å². The summed E-state index contributed by atoms with van der Waals surface area (Å²) >= 11 is 0.